The molecule has 2 aromatic rings. The van der Waals surface area contributed by atoms with Crippen LogP contribution in [0.1, 0.15) is 28.4 Å². The number of esters is 1. The fraction of sp³-hybridized carbons (Fsp3) is 0.222. The molecule has 0 aromatic heterocycles. The Morgan fingerprint density at radius 1 is 1.08 bits per heavy atom. The SMILES string of the molecule is CC(=O)OCCc1ccc(OCc2cc(Cl)ccc2C(=O)Cl)cc1. The summed E-state index contributed by atoms with van der Waals surface area (Å²) in [5, 5.41) is -0.0397. The van der Waals surface area contributed by atoms with Crippen molar-refractivity contribution in [2.75, 3.05) is 6.61 Å². The minimum atomic E-state index is -0.550. The maximum atomic E-state index is 11.4. The molecule has 0 atom stereocenters. The van der Waals surface area contributed by atoms with Crippen LogP contribution in [-0.4, -0.2) is 17.8 Å². The summed E-state index contributed by atoms with van der Waals surface area (Å²) in [6.07, 6.45) is 0.638. The van der Waals surface area contributed by atoms with Gasteiger partial charge in [0.2, 0.25) is 0 Å². The van der Waals surface area contributed by atoms with E-state index in [9.17, 15) is 9.59 Å². The molecular formula is C18H16Cl2O4. The van der Waals surface area contributed by atoms with E-state index in [0.717, 1.165) is 5.56 Å². The Morgan fingerprint density at radius 2 is 1.79 bits per heavy atom. The lowest BCUT2D eigenvalue weighted by molar-refractivity contribution is -0.140. The second kappa shape index (κ2) is 8.71. The maximum absolute atomic E-state index is 11.4. The van der Waals surface area contributed by atoms with Gasteiger partial charge in [-0.05, 0) is 47.5 Å². The van der Waals surface area contributed by atoms with E-state index in [-0.39, 0.29) is 12.6 Å². The molecule has 0 heterocycles. The fourth-order valence-electron chi connectivity index (χ4n) is 2.10. The van der Waals surface area contributed by atoms with Crippen LogP contribution < -0.4 is 4.74 Å². The van der Waals surface area contributed by atoms with Gasteiger partial charge in [0.1, 0.15) is 12.4 Å². The number of rotatable bonds is 7. The molecule has 0 N–H and O–H groups in total. The number of hydrogen-bond acceptors (Lipinski definition) is 4. The minimum absolute atomic E-state index is 0.182. The Morgan fingerprint density at radius 3 is 2.42 bits per heavy atom. The molecule has 0 amide bonds. The van der Waals surface area contributed by atoms with Gasteiger partial charge in [0.25, 0.3) is 5.24 Å². The summed E-state index contributed by atoms with van der Waals surface area (Å²) in [6, 6.07) is 12.3. The first kappa shape index (κ1) is 18.3. The summed E-state index contributed by atoms with van der Waals surface area (Å²) < 4.78 is 10.6. The summed E-state index contributed by atoms with van der Waals surface area (Å²) in [5.41, 5.74) is 2.03. The van der Waals surface area contributed by atoms with Crippen LogP contribution in [0.3, 0.4) is 0 Å². The normalized spacial score (nSPS) is 10.3. The van der Waals surface area contributed by atoms with Gasteiger partial charge in [-0.1, -0.05) is 23.7 Å². The van der Waals surface area contributed by atoms with Crippen LogP contribution in [0, 0.1) is 0 Å². The zero-order valence-electron chi connectivity index (χ0n) is 13.1. The van der Waals surface area contributed by atoms with Crippen molar-refractivity contribution in [1.82, 2.24) is 0 Å². The average Bonchev–Trinajstić information content (AvgIpc) is 2.53. The van der Waals surface area contributed by atoms with E-state index in [1.807, 2.05) is 24.3 Å². The lowest BCUT2D eigenvalue weighted by Crippen LogP contribution is -2.04. The third kappa shape index (κ3) is 5.55. The maximum Gasteiger partial charge on any atom is 0.302 e. The Labute approximate surface area is 150 Å². The average molecular weight is 367 g/mol. The van der Waals surface area contributed by atoms with Crippen molar-refractivity contribution >= 4 is 34.4 Å². The number of halogens is 2. The molecule has 0 radical (unpaired) electrons. The molecule has 2 aromatic carbocycles. The van der Waals surface area contributed by atoms with Gasteiger partial charge in [-0.3, -0.25) is 9.59 Å². The molecule has 0 aliphatic carbocycles. The first-order chi connectivity index (χ1) is 11.5. The number of carbonyl (C=O) groups is 2. The van der Waals surface area contributed by atoms with Gasteiger partial charge in [0.05, 0.1) is 6.61 Å². The van der Waals surface area contributed by atoms with Gasteiger partial charge in [-0.2, -0.15) is 0 Å². The standard InChI is InChI=1S/C18H16Cl2O4/c1-12(21)23-9-8-13-2-5-16(6-3-13)24-11-14-10-15(19)4-7-17(14)18(20)22/h2-7,10H,8-9,11H2,1H3. The number of carbonyl (C=O) groups excluding carboxylic acids is 2. The molecule has 0 aliphatic rings. The fourth-order valence-corrected chi connectivity index (χ4v) is 2.48. The smallest absolute Gasteiger partial charge is 0.302 e. The molecule has 0 fully saturated rings. The molecule has 6 heteroatoms. The van der Waals surface area contributed by atoms with E-state index >= 15 is 0 Å². The van der Waals surface area contributed by atoms with E-state index in [4.69, 9.17) is 32.7 Å². The monoisotopic (exact) mass is 366 g/mol. The van der Waals surface area contributed by atoms with Crippen molar-refractivity contribution < 1.29 is 19.1 Å². The number of ether oxygens (including phenoxy) is 2. The Kier molecular flexibility index (Phi) is 6.64. The summed E-state index contributed by atoms with van der Waals surface area (Å²) in [4.78, 5) is 22.1. The molecule has 0 bridgehead atoms. The molecule has 126 valence electrons. The van der Waals surface area contributed by atoms with Crippen LogP contribution in [0.2, 0.25) is 5.02 Å². The van der Waals surface area contributed by atoms with Crippen LogP contribution in [0.4, 0.5) is 0 Å². The highest BCUT2D eigenvalue weighted by Gasteiger charge is 2.10. The molecule has 0 spiro atoms. The topological polar surface area (TPSA) is 52.6 Å². The Balaban J connectivity index is 1.96. The van der Waals surface area contributed by atoms with Gasteiger partial charge >= 0.3 is 5.97 Å². The van der Waals surface area contributed by atoms with Crippen molar-refractivity contribution in [2.45, 2.75) is 20.0 Å². The molecule has 4 nitrogen and oxygen atoms in total. The first-order valence-electron chi connectivity index (χ1n) is 7.29. The molecule has 0 saturated heterocycles. The molecule has 0 unspecified atom stereocenters. The third-order valence-electron chi connectivity index (χ3n) is 3.29. The second-order valence-electron chi connectivity index (χ2n) is 5.10. The van der Waals surface area contributed by atoms with E-state index in [0.29, 0.717) is 34.9 Å². The van der Waals surface area contributed by atoms with Crippen LogP contribution >= 0.6 is 23.2 Å². The van der Waals surface area contributed by atoms with Crippen LogP contribution in [0.15, 0.2) is 42.5 Å². The molecule has 24 heavy (non-hydrogen) atoms. The summed E-state index contributed by atoms with van der Waals surface area (Å²) >= 11 is 11.5. The van der Waals surface area contributed by atoms with Crippen molar-refractivity contribution in [3.05, 3.63) is 64.2 Å². The van der Waals surface area contributed by atoms with Crippen LogP contribution in [0.5, 0.6) is 5.75 Å². The van der Waals surface area contributed by atoms with Crippen molar-refractivity contribution in [1.29, 1.82) is 0 Å². The van der Waals surface area contributed by atoms with Crippen molar-refractivity contribution in [3.63, 3.8) is 0 Å². The highest BCUT2D eigenvalue weighted by molar-refractivity contribution is 6.68. The predicted octanol–water partition coefficient (Wildman–Crippen LogP) is 4.40. The molecule has 2 rings (SSSR count). The van der Waals surface area contributed by atoms with E-state index in [1.165, 1.54) is 6.92 Å². The third-order valence-corrected chi connectivity index (χ3v) is 3.73. The van der Waals surface area contributed by atoms with Crippen molar-refractivity contribution in [3.8, 4) is 5.75 Å². The van der Waals surface area contributed by atoms with E-state index in [1.54, 1.807) is 18.2 Å². The zero-order valence-corrected chi connectivity index (χ0v) is 14.6. The molecule has 0 aliphatic heterocycles. The summed E-state index contributed by atoms with van der Waals surface area (Å²) in [6.45, 7) is 1.91. The van der Waals surface area contributed by atoms with Gasteiger partial charge in [-0.15, -0.1) is 0 Å². The first-order valence-corrected chi connectivity index (χ1v) is 8.04. The van der Waals surface area contributed by atoms with E-state index in [2.05, 4.69) is 0 Å². The molecule has 0 saturated carbocycles. The van der Waals surface area contributed by atoms with Gasteiger partial charge < -0.3 is 9.47 Å². The Bertz CT molecular complexity index is 726. The van der Waals surface area contributed by atoms with Gasteiger partial charge in [-0.25, -0.2) is 0 Å². The molecular weight excluding hydrogens is 351 g/mol. The van der Waals surface area contributed by atoms with Gasteiger partial charge in [0, 0.05) is 29.5 Å². The minimum Gasteiger partial charge on any atom is -0.489 e. The largest absolute Gasteiger partial charge is 0.489 e. The summed E-state index contributed by atoms with van der Waals surface area (Å²) in [7, 11) is 0. The number of hydrogen-bond donors (Lipinski definition) is 0. The number of benzene rings is 2. The highest BCUT2D eigenvalue weighted by atomic mass is 35.5. The predicted molar refractivity (Wildman–Crippen MR) is 92.7 cm³/mol. The lowest BCUT2D eigenvalue weighted by atomic mass is 10.1. The zero-order chi connectivity index (χ0) is 17.5. The second-order valence-corrected chi connectivity index (χ2v) is 5.88. The lowest BCUT2D eigenvalue weighted by Gasteiger charge is -2.10. The van der Waals surface area contributed by atoms with Crippen LogP contribution in [-0.2, 0) is 22.6 Å². The Hall–Kier alpha value is -2.04. The summed E-state index contributed by atoms with van der Waals surface area (Å²) in [5.74, 6) is 0.361. The van der Waals surface area contributed by atoms with Gasteiger partial charge in [0.15, 0.2) is 0 Å². The quantitative estimate of drug-likeness (QED) is 0.538. The van der Waals surface area contributed by atoms with Crippen LogP contribution in [0.25, 0.3) is 0 Å². The highest BCUT2D eigenvalue weighted by Crippen LogP contribution is 2.21. The van der Waals surface area contributed by atoms with Crippen molar-refractivity contribution in [2.24, 2.45) is 0 Å². The van der Waals surface area contributed by atoms with E-state index < -0.39 is 5.24 Å².